The molecule has 1 aromatic rings. The highest BCUT2D eigenvalue weighted by Gasteiger charge is 2.63. The summed E-state index contributed by atoms with van der Waals surface area (Å²) in [5, 5.41) is 30.0. The smallest absolute Gasteiger partial charge is 0.564 e. The Kier molecular flexibility index (Phi) is 9.40. The van der Waals surface area contributed by atoms with Crippen molar-refractivity contribution in [3.8, 4) is 5.75 Å². The molecular weight excluding hydrogens is 533 g/mol. The van der Waals surface area contributed by atoms with E-state index in [0.717, 1.165) is 0 Å². The average Bonchev–Trinajstić information content (AvgIpc) is 3.20. The number of nitrogens with one attached hydrogen (secondary N) is 1. The summed E-state index contributed by atoms with van der Waals surface area (Å²) in [5.41, 5.74) is -2.56. The van der Waals surface area contributed by atoms with Crippen LogP contribution < -0.4 is 4.99 Å². The molecule has 0 saturated carbocycles. The maximum Gasteiger partial charge on any atom is 0.564 e. The van der Waals surface area contributed by atoms with Crippen molar-refractivity contribution in [2.24, 2.45) is 5.92 Å². The van der Waals surface area contributed by atoms with Gasteiger partial charge in [0.2, 0.25) is 6.79 Å². The molecule has 14 nitrogen and oxygen atoms in total. The third-order valence-corrected chi connectivity index (χ3v) is 6.90. The number of aromatic hydroxyl groups is 1. The van der Waals surface area contributed by atoms with Crippen LogP contribution in [-0.2, 0) is 49.0 Å². The quantitative estimate of drug-likeness (QED) is 0.150. The molecule has 3 atom stereocenters. The van der Waals surface area contributed by atoms with Crippen molar-refractivity contribution in [2.75, 3.05) is 6.79 Å². The van der Waals surface area contributed by atoms with E-state index in [1.165, 1.54) is 18.2 Å². The summed E-state index contributed by atoms with van der Waals surface area (Å²) in [5.74, 6) is -7.45. The summed E-state index contributed by atoms with van der Waals surface area (Å²) in [6.45, 7) is 1.47. The van der Waals surface area contributed by atoms with Crippen molar-refractivity contribution in [2.45, 2.75) is 70.8 Å². The van der Waals surface area contributed by atoms with E-state index in [2.05, 4.69) is 4.99 Å². The van der Waals surface area contributed by atoms with Gasteiger partial charge in [0.05, 0.1) is 25.2 Å². The Morgan fingerprint density at radius 1 is 1.12 bits per heavy atom. The number of rotatable bonds is 12. The Morgan fingerprint density at radius 2 is 1.82 bits per heavy atom. The number of ether oxygens (including phenoxy) is 2. The van der Waals surface area contributed by atoms with Crippen molar-refractivity contribution < 1.29 is 67.7 Å². The average molecular weight is 565 g/mol. The van der Waals surface area contributed by atoms with E-state index in [1.54, 1.807) is 6.92 Å². The normalized spacial score (nSPS) is 23.8. The third kappa shape index (κ3) is 6.36. The van der Waals surface area contributed by atoms with E-state index in [0.29, 0.717) is 12.8 Å². The maximum atomic E-state index is 12.6. The lowest BCUT2D eigenvalue weighted by molar-refractivity contribution is -0.482. The molecule has 0 aliphatic carbocycles. The number of benzene rings is 1. The molecule has 0 radical (unpaired) electrons. The van der Waals surface area contributed by atoms with Gasteiger partial charge >= 0.3 is 30.6 Å². The summed E-state index contributed by atoms with van der Waals surface area (Å²) in [6, 6.07) is 4.19. The van der Waals surface area contributed by atoms with Gasteiger partial charge in [0, 0.05) is 6.42 Å². The molecule has 2 aliphatic heterocycles. The summed E-state index contributed by atoms with van der Waals surface area (Å²) in [7, 11) is 0. The highest BCUT2D eigenvalue weighted by atomic mass is 16.8. The number of carbonyl (C=O) groups excluding carboxylic acids is 3. The van der Waals surface area contributed by atoms with Gasteiger partial charge in [-0.3, -0.25) is 14.4 Å². The van der Waals surface area contributed by atoms with Gasteiger partial charge < -0.3 is 38.8 Å². The molecule has 2 heterocycles. The van der Waals surface area contributed by atoms with Gasteiger partial charge in [-0.1, -0.05) is 32.9 Å². The number of phenolic OH excluding ortho intramolecular Hbond substituents is 1. The molecule has 1 fully saturated rings. The van der Waals surface area contributed by atoms with Crippen LogP contribution in [0.5, 0.6) is 5.75 Å². The summed E-state index contributed by atoms with van der Waals surface area (Å²) < 4.78 is 26.8. The zero-order valence-electron chi connectivity index (χ0n) is 22.3. The number of carboxylic acid groups (broad SMARTS) is 2. The molecule has 1 aromatic carbocycles. The fourth-order valence-electron chi connectivity index (χ4n) is 4.72. The maximum absolute atomic E-state index is 12.6. The van der Waals surface area contributed by atoms with E-state index in [-0.39, 0.29) is 35.8 Å². The number of carbonyl (C=O) groups is 5. The second-order valence-corrected chi connectivity index (χ2v) is 9.54. The van der Waals surface area contributed by atoms with Gasteiger partial charge in [0.15, 0.2) is 0 Å². The van der Waals surface area contributed by atoms with E-state index >= 15 is 0 Å². The minimum Gasteiger partial charge on any atom is -0.629 e. The zero-order valence-corrected chi connectivity index (χ0v) is 22.3. The summed E-state index contributed by atoms with van der Waals surface area (Å²) in [4.78, 5) is 63.7. The topological polar surface area (TPSA) is 206 Å². The summed E-state index contributed by atoms with van der Waals surface area (Å²) in [6.07, 6.45) is -0.705. The van der Waals surface area contributed by atoms with Gasteiger partial charge in [-0.2, -0.15) is 0 Å². The lowest BCUT2D eigenvalue weighted by Gasteiger charge is -2.48. The van der Waals surface area contributed by atoms with Gasteiger partial charge in [-0.25, -0.2) is 14.6 Å². The molecule has 3 rings (SSSR count). The summed E-state index contributed by atoms with van der Waals surface area (Å²) >= 11 is 0. The van der Waals surface area contributed by atoms with Gasteiger partial charge in [-0.15, -0.1) is 0 Å². The zero-order chi connectivity index (χ0) is 29.7. The van der Waals surface area contributed by atoms with Gasteiger partial charge in [0.25, 0.3) is 11.9 Å². The minimum absolute atomic E-state index is 0.146. The lowest BCUT2D eigenvalue weighted by atomic mass is 9.64. The Hall–Kier alpha value is -4.14. The van der Waals surface area contributed by atoms with Crippen molar-refractivity contribution in [1.82, 2.24) is 0 Å². The number of aliphatic carboxylic acids is 2. The van der Waals surface area contributed by atoms with E-state index in [9.17, 15) is 39.3 Å². The van der Waals surface area contributed by atoms with Crippen LogP contribution in [-0.4, -0.2) is 76.2 Å². The van der Waals surface area contributed by atoms with E-state index in [1.807, 2.05) is 13.8 Å². The molecule has 2 aliphatic rings. The lowest BCUT2D eigenvalue weighted by Crippen LogP contribution is -2.84. The Bertz CT molecular complexity index is 1210. The predicted molar refractivity (Wildman–Crippen MR) is 134 cm³/mol. The number of carboxylic acids is 2. The molecule has 1 saturated heterocycles. The SMILES string of the molecule is CCC1=[NH+][C@@H](Cc2cccc(C(=O)OCOC(=O)C(CC)CC)c2O)[B-]2(OC(=O)CC(CC(=O)O)(C(=O)O)O2)O1. The van der Waals surface area contributed by atoms with Crippen LogP contribution in [0.25, 0.3) is 0 Å². The number of para-hydroxylation sites is 1. The van der Waals surface area contributed by atoms with Gasteiger partial charge in [0.1, 0.15) is 22.9 Å². The van der Waals surface area contributed by atoms with Crippen molar-refractivity contribution in [1.29, 1.82) is 0 Å². The molecule has 218 valence electrons. The monoisotopic (exact) mass is 565 g/mol. The first-order valence-electron chi connectivity index (χ1n) is 12.9. The van der Waals surface area contributed by atoms with Crippen LogP contribution in [0.4, 0.5) is 0 Å². The second kappa shape index (κ2) is 12.4. The van der Waals surface area contributed by atoms with Crippen LogP contribution >= 0.6 is 0 Å². The molecule has 15 heteroatoms. The molecule has 2 unspecified atom stereocenters. The fourth-order valence-corrected chi connectivity index (χ4v) is 4.72. The number of hydrogen-bond donors (Lipinski definition) is 4. The molecule has 1 spiro atoms. The standard InChI is InChI=1S/C25H31BNO13/c1-4-14(5-2)22(32)36-13-37-23(33)16-9-7-8-15(21(16)31)10-17-26(38-18(6-3)27-17)39-20(30)12-25(40-26,24(34)35)11-19(28)29/h7-9,14,17,31H,4-6,10-13H2,1-3H3,(H,28,29)(H,34,35)/q-1/p+1/t17-,25?,26?/m0/s1. The van der Waals surface area contributed by atoms with Crippen molar-refractivity contribution >= 4 is 42.5 Å². The molecule has 0 aromatic heterocycles. The van der Waals surface area contributed by atoms with Crippen LogP contribution in [0.3, 0.4) is 0 Å². The Morgan fingerprint density at radius 3 is 2.42 bits per heavy atom. The predicted octanol–water partition coefficient (Wildman–Crippen LogP) is 0.0560. The largest absolute Gasteiger partial charge is 0.629 e. The number of phenols is 1. The van der Waals surface area contributed by atoms with Crippen LogP contribution in [0.15, 0.2) is 18.2 Å². The van der Waals surface area contributed by atoms with Crippen LogP contribution in [0, 0.1) is 5.92 Å². The van der Waals surface area contributed by atoms with Gasteiger partial charge in [-0.05, 0) is 24.5 Å². The third-order valence-electron chi connectivity index (χ3n) is 6.90. The molecular formula is C25H32BNO13. The Balaban J connectivity index is 1.84. The highest BCUT2D eigenvalue weighted by molar-refractivity contribution is 6.67. The fraction of sp³-hybridized carbons (Fsp3) is 0.520. The van der Waals surface area contributed by atoms with Crippen molar-refractivity contribution in [3.63, 3.8) is 0 Å². The molecule has 40 heavy (non-hydrogen) atoms. The molecule has 0 bridgehead atoms. The molecule has 4 N–H and O–H groups in total. The van der Waals surface area contributed by atoms with Crippen LogP contribution in [0.1, 0.15) is 68.8 Å². The minimum atomic E-state index is -3.24. The number of hydrogen-bond acceptors (Lipinski definition) is 11. The second-order valence-electron chi connectivity index (χ2n) is 9.54. The first-order valence-corrected chi connectivity index (χ1v) is 12.9. The van der Waals surface area contributed by atoms with Crippen LogP contribution in [0.2, 0.25) is 0 Å². The number of esters is 2. The first-order chi connectivity index (χ1) is 18.9. The Labute approximate surface area is 229 Å². The van der Waals surface area contributed by atoms with E-state index in [4.69, 9.17) is 23.4 Å². The molecule has 0 amide bonds. The first kappa shape index (κ1) is 30.4. The van der Waals surface area contributed by atoms with Crippen molar-refractivity contribution in [3.05, 3.63) is 29.3 Å². The highest BCUT2D eigenvalue weighted by Crippen LogP contribution is 2.37. The van der Waals surface area contributed by atoms with E-state index < -0.39 is 73.5 Å².